The summed E-state index contributed by atoms with van der Waals surface area (Å²) in [4.78, 5) is 12.5. The van der Waals surface area contributed by atoms with Crippen molar-refractivity contribution in [2.75, 3.05) is 19.5 Å². The highest BCUT2D eigenvalue weighted by Gasteiger charge is 2.34. The van der Waals surface area contributed by atoms with Gasteiger partial charge in [-0.05, 0) is 12.1 Å². The molecule has 0 unspecified atom stereocenters. The predicted molar refractivity (Wildman–Crippen MR) is 98.9 cm³/mol. The molecule has 0 atom stereocenters. The number of nitrogens with one attached hydrogen (secondary N) is 1. The van der Waals surface area contributed by atoms with E-state index in [1.807, 2.05) is 0 Å². The molecule has 0 saturated carbocycles. The second-order valence-electron chi connectivity index (χ2n) is 5.70. The van der Waals surface area contributed by atoms with Crippen LogP contribution in [0.4, 0.5) is 18.9 Å². The van der Waals surface area contributed by atoms with Gasteiger partial charge in [0.05, 0.1) is 42.4 Å². The lowest BCUT2D eigenvalue weighted by atomic mass is 10.1. The molecule has 1 aromatic heterocycles. The third-order valence-electron chi connectivity index (χ3n) is 3.90. The second kappa shape index (κ2) is 8.00. The number of methoxy groups -OCH3 is 2. The van der Waals surface area contributed by atoms with E-state index in [1.54, 1.807) is 0 Å². The Morgan fingerprint density at radius 3 is 2.45 bits per heavy atom. The minimum Gasteiger partial charge on any atom is -0.493 e. The molecular weight excluding hydrogens is 413 g/mol. The number of carbonyl (C=O) groups is 1. The van der Waals surface area contributed by atoms with E-state index in [-0.39, 0.29) is 22.1 Å². The van der Waals surface area contributed by atoms with E-state index in [1.165, 1.54) is 44.6 Å². The molecule has 0 aliphatic carbocycles. The average Bonchev–Trinajstić information content (AvgIpc) is 3.18. The van der Waals surface area contributed by atoms with Crippen LogP contribution < -0.4 is 14.8 Å². The minimum absolute atomic E-state index is 0.172. The summed E-state index contributed by atoms with van der Waals surface area (Å²) in [5.74, 6) is -0.0185. The third-order valence-corrected chi connectivity index (χ3v) is 4.22. The summed E-state index contributed by atoms with van der Waals surface area (Å²) in [5.41, 5.74) is -1.15. The molecule has 3 aromatic rings. The first-order chi connectivity index (χ1) is 13.7. The van der Waals surface area contributed by atoms with Crippen LogP contribution in [0, 0.1) is 0 Å². The highest BCUT2D eigenvalue weighted by Crippen LogP contribution is 2.36. The molecule has 152 valence electrons. The van der Waals surface area contributed by atoms with Gasteiger partial charge in [0.25, 0.3) is 5.91 Å². The number of para-hydroxylation sites is 1. The maximum absolute atomic E-state index is 13.2. The molecule has 0 spiro atoms. The van der Waals surface area contributed by atoms with Gasteiger partial charge in [-0.1, -0.05) is 28.9 Å². The summed E-state index contributed by atoms with van der Waals surface area (Å²) in [6.45, 7) is 0. The Labute approximate surface area is 168 Å². The number of halogens is 4. The number of rotatable bonds is 5. The van der Waals surface area contributed by atoms with Gasteiger partial charge in [-0.15, -0.1) is 5.10 Å². The highest BCUT2D eigenvalue weighted by molar-refractivity contribution is 6.34. The van der Waals surface area contributed by atoms with E-state index in [2.05, 4.69) is 15.6 Å². The first-order valence-corrected chi connectivity index (χ1v) is 8.44. The number of carbonyl (C=O) groups excluding carboxylic acids is 1. The predicted octanol–water partition coefficient (Wildman–Crippen LogP) is 4.21. The zero-order valence-corrected chi connectivity index (χ0v) is 15.9. The van der Waals surface area contributed by atoms with Gasteiger partial charge in [0.15, 0.2) is 17.2 Å². The quantitative estimate of drug-likeness (QED) is 0.661. The second-order valence-corrected chi connectivity index (χ2v) is 6.11. The van der Waals surface area contributed by atoms with Crippen LogP contribution in [0.25, 0.3) is 5.69 Å². The zero-order valence-electron chi connectivity index (χ0n) is 15.1. The standard InChI is InChI=1S/C18H14ClF3N4O3/c1-28-15-7-11(19)12(8-16(15)29-2)23-17(27)13-9-26(25-24-13)14-6-4-3-5-10(14)18(20,21)22/h3-9H,1-2H3,(H,23,27). The van der Waals surface area contributed by atoms with Crippen LogP contribution in [0.15, 0.2) is 42.6 Å². The van der Waals surface area contributed by atoms with Crippen LogP contribution in [0.3, 0.4) is 0 Å². The van der Waals surface area contributed by atoms with Crippen LogP contribution in [0.2, 0.25) is 5.02 Å². The smallest absolute Gasteiger partial charge is 0.418 e. The maximum atomic E-state index is 13.2. The van der Waals surface area contributed by atoms with Gasteiger partial charge in [-0.3, -0.25) is 4.79 Å². The first-order valence-electron chi connectivity index (χ1n) is 8.06. The lowest BCUT2D eigenvalue weighted by Gasteiger charge is -2.12. The first kappa shape index (κ1) is 20.5. The van der Waals surface area contributed by atoms with Crippen LogP contribution in [-0.4, -0.2) is 35.1 Å². The van der Waals surface area contributed by atoms with Gasteiger partial charge in [0, 0.05) is 12.1 Å². The molecule has 2 aromatic carbocycles. The number of hydrogen-bond acceptors (Lipinski definition) is 5. The van der Waals surface area contributed by atoms with Gasteiger partial charge >= 0.3 is 6.18 Å². The van der Waals surface area contributed by atoms with Crippen molar-refractivity contribution in [2.24, 2.45) is 0 Å². The molecule has 0 bridgehead atoms. The number of ether oxygens (including phenoxy) is 2. The fraction of sp³-hybridized carbons (Fsp3) is 0.167. The Morgan fingerprint density at radius 2 is 1.79 bits per heavy atom. The Balaban J connectivity index is 1.88. The summed E-state index contributed by atoms with van der Waals surface area (Å²) < 4.78 is 50.7. The van der Waals surface area contributed by atoms with Crippen molar-refractivity contribution in [1.82, 2.24) is 15.0 Å². The van der Waals surface area contributed by atoms with Crippen LogP contribution in [0.5, 0.6) is 11.5 Å². The number of nitrogens with zero attached hydrogens (tertiary/aromatic N) is 3. The molecule has 1 amide bonds. The van der Waals surface area contributed by atoms with E-state index in [0.29, 0.717) is 11.5 Å². The lowest BCUT2D eigenvalue weighted by molar-refractivity contribution is -0.137. The number of anilines is 1. The van der Waals surface area contributed by atoms with Crippen molar-refractivity contribution in [3.8, 4) is 17.2 Å². The van der Waals surface area contributed by atoms with Crippen LogP contribution in [0.1, 0.15) is 16.1 Å². The summed E-state index contributed by atoms with van der Waals surface area (Å²) in [6, 6.07) is 7.73. The van der Waals surface area contributed by atoms with Crippen molar-refractivity contribution in [1.29, 1.82) is 0 Å². The summed E-state index contributed by atoms with van der Waals surface area (Å²) in [5, 5.41) is 9.98. The van der Waals surface area contributed by atoms with E-state index >= 15 is 0 Å². The lowest BCUT2D eigenvalue weighted by Crippen LogP contribution is -2.13. The normalized spacial score (nSPS) is 11.2. The Morgan fingerprint density at radius 1 is 1.14 bits per heavy atom. The Hall–Kier alpha value is -3.27. The Kier molecular flexibility index (Phi) is 5.64. The number of benzene rings is 2. The van der Waals surface area contributed by atoms with E-state index in [4.69, 9.17) is 21.1 Å². The maximum Gasteiger partial charge on any atom is 0.418 e. The van der Waals surface area contributed by atoms with Gasteiger partial charge < -0.3 is 14.8 Å². The fourth-order valence-electron chi connectivity index (χ4n) is 2.54. The fourth-order valence-corrected chi connectivity index (χ4v) is 2.74. The molecule has 3 rings (SSSR count). The summed E-state index contributed by atoms with van der Waals surface area (Å²) in [7, 11) is 2.85. The number of aromatic nitrogens is 3. The zero-order chi connectivity index (χ0) is 21.2. The summed E-state index contributed by atoms with van der Waals surface area (Å²) >= 11 is 6.12. The van der Waals surface area contributed by atoms with E-state index < -0.39 is 17.6 Å². The molecule has 0 fully saturated rings. The Bertz CT molecular complexity index is 1050. The van der Waals surface area contributed by atoms with Crippen molar-refractivity contribution in [3.05, 3.63) is 58.9 Å². The molecule has 1 N–H and O–H groups in total. The monoisotopic (exact) mass is 426 g/mol. The van der Waals surface area contributed by atoms with Gasteiger partial charge in [-0.25, -0.2) is 4.68 Å². The molecule has 29 heavy (non-hydrogen) atoms. The average molecular weight is 427 g/mol. The highest BCUT2D eigenvalue weighted by atomic mass is 35.5. The van der Waals surface area contributed by atoms with Gasteiger partial charge in [0.1, 0.15) is 0 Å². The number of hydrogen-bond donors (Lipinski definition) is 1. The molecule has 0 radical (unpaired) electrons. The number of alkyl halides is 3. The molecular formula is C18H14ClF3N4O3. The van der Waals surface area contributed by atoms with Crippen LogP contribution in [-0.2, 0) is 6.18 Å². The van der Waals surface area contributed by atoms with E-state index in [0.717, 1.165) is 16.9 Å². The minimum atomic E-state index is -4.59. The largest absolute Gasteiger partial charge is 0.493 e. The molecule has 11 heteroatoms. The van der Waals surface area contributed by atoms with Crippen molar-refractivity contribution < 1.29 is 27.4 Å². The topological polar surface area (TPSA) is 78.3 Å². The van der Waals surface area contributed by atoms with Gasteiger partial charge in [-0.2, -0.15) is 13.2 Å². The van der Waals surface area contributed by atoms with Crippen LogP contribution >= 0.6 is 11.6 Å². The third kappa shape index (κ3) is 4.27. The molecule has 0 aliphatic rings. The van der Waals surface area contributed by atoms with Crippen molar-refractivity contribution in [3.63, 3.8) is 0 Å². The van der Waals surface area contributed by atoms with E-state index in [9.17, 15) is 18.0 Å². The van der Waals surface area contributed by atoms with Crippen molar-refractivity contribution in [2.45, 2.75) is 6.18 Å². The van der Waals surface area contributed by atoms with Crippen molar-refractivity contribution >= 4 is 23.2 Å². The molecule has 7 nitrogen and oxygen atoms in total. The molecule has 0 aliphatic heterocycles. The molecule has 0 saturated heterocycles. The number of amides is 1. The molecule has 1 heterocycles. The SMILES string of the molecule is COc1cc(Cl)c(NC(=O)c2cn(-c3ccccc3C(F)(F)F)nn2)cc1OC. The van der Waals surface area contributed by atoms with Gasteiger partial charge in [0.2, 0.25) is 0 Å². The summed E-state index contributed by atoms with van der Waals surface area (Å²) in [6.07, 6.45) is -3.49.